The van der Waals surface area contributed by atoms with Gasteiger partial charge in [0, 0.05) is 18.8 Å². The quantitative estimate of drug-likeness (QED) is 0.762. The fourth-order valence-corrected chi connectivity index (χ4v) is 2.91. The van der Waals surface area contributed by atoms with E-state index in [9.17, 15) is 14.4 Å². The minimum atomic E-state index is -0.993. The molecule has 132 valence electrons. The summed E-state index contributed by atoms with van der Waals surface area (Å²) in [4.78, 5) is 42.5. The van der Waals surface area contributed by atoms with Gasteiger partial charge in [-0.3, -0.25) is 9.59 Å². The number of piperidine rings is 1. The fourth-order valence-electron chi connectivity index (χ4n) is 2.91. The van der Waals surface area contributed by atoms with E-state index in [1.165, 1.54) is 19.1 Å². The lowest BCUT2D eigenvalue weighted by Gasteiger charge is -2.37. The Kier molecular flexibility index (Phi) is 5.58. The summed E-state index contributed by atoms with van der Waals surface area (Å²) in [5, 5.41) is 0. The fraction of sp³-hybridized carbons (Fsp3) is 0.625. The Hall–Kier alpha value is -2.38. The molecule has 1 aliphatic rings. The van der Waals surface area contributed by atoms with Crippen LogP contribution in [0.4, 0.5) is 0 Å². The number of ether oxygens (including phenoxy) is 2. The Labute approximate surface area is 140 Å². The van der Waals surface area contributed by atoms with Crippen molar-refractivity contribution in [3.05, 3.63) is 18.2 Å². The first-order valence-corrected chi connectivity index (χ1v) is 7.90. The van der Waals surface area contributed by atoms with Crippen molar-refractivity contribution < 1.29 is 23.9 Å². The van der Waals surface area contributed by atoms with E-state index in [0.29, 0.717) is 19.4 Å². The third kappa shape index (κ3) is 3.42. The molecular formula is C16H23N3O5. The van der Waals surface area contributed by atoms with Gasteiger partial charge in [0.05, 0.1) is 26.5 Å². The van der Waals surface area contributed by atoms with Gasteiger partial charge in [0.25, 0.3) is 5.91 Å². The summed E-state index contributed by atoms with van der Waals surface area (Å²) >= 11 is 0. The summed E-state index contributed by atoms with van der Waals surface area (Å²) < 4.78 is 11.4. The van der Waals surface area contributed by atoms with Crippen molar-refractivity contribution >= 4 is 17.8 Å². The number of hydrogen-bond donors (Lipinski definition) is 0. The second-order valence-electron chi connectivity index (χ2n) is 6.04. The number of imidazole rings is 1. The molecule has 0 radical (unpaired) electrons. The number of amides is 1. The number of carbonyl (C=O) groups excluding carboxylic acids is 3. The zero-order valence-corrected chi connectivity index (χ0v) is 14.4. The highest BCUT2D eigenvalue weighted by Gasteiger charge is 2.44. The SMILES string of the molecule is COC(=O)C1CCCN(C(=O)c2cn(C(C)C)cn2)C1C(=O)OC. The van der Waals surface area contributed by atoms with Crippen LogP contribution in [0.5, 0.6) is 0 Å². The molecule has 8 heteroatoms. The molecule has 1 aliphatic heterocycles. The highest BCUT2D eigenvalue weighted by molar-refractivity contribution is 5.96. The van der Waals surface area contributed by atoms with Gasteiger partial charge in [-0.2, -0.15) is 0 Å². The molecule has 24 heavy (non-hydrogen) atoms. The Morgan fingerprint density at radius 3 is 2.42 bits per heavy atom. The second kappa shape index (κ2) is 7.46. The molecule has 1 amide bonds. The molecule has 0 aromatic carbocycles. The van der Waals surface area contributed by atoms with E-state index >= 15 is 0 Å². The number of carbonyl (C=O) groups is 3. The van der Waals surface area contributed by atoms with Gasteiger partial charge in [0.15, 0.2) is 0 Å². The van der Waals surface area contributed by atoms with Crippen molar-refractivity contribution in [2.75, 3.05) is 20.8 Å². The average Bonchev–Trinajstić information content (AvgIpc) is 3.09. The van der Waals surface area contributed by atoms with Gasteiger partial charge in [-0.1, -0.05) is 0 Å². The van der Waals surface area contributed by atoms with Gasteiger partial charge in [-0.25, -0.2) is 9.78 Å². The third-order valence-electron chi connectivity index (χ3n) is 4.26. The smallest absolute Gasteiger partial charge is 0.329 e. The lowest BCUT2D eigenvalue weighted by Crippen LogP contribution is -2.55. The number of rotatable bonds is 4. The summed E-state index contributed by atoms with van der Waals surface area (Å²) in [6.07, 6.45) is 4.29. The van der Waals surface area contributed by atoms with Crippen LogP contribution in [0.2, 0.25) is 0 Å². The van der Waals surface area contributed by atoms with Crippen molar-refractivity contribution in [1.82, 2.24) is 14.5 Å². The van der Waals surface area contributed by atoms with Gasteiger partial charge in [-0.05, 0) is 26.7 Å². The summed E-state index contributed by atoms with van der Waals surface area (Å²) in [5.74, 6) is -2.26. The van der Waals surface area contributed by atoms with Gasteiger partial charge in [0.2, 0.25) is 0 Å². The summed E-state index contributed by atoms with van der Waals surface area (Å²) in [7, 11) is 2.50. The molecule has 2 atom stereocenters. The lowest BCUT2D eigenvalue weighted by atomic mass is 9.88. The van der Waals surface area contributed by atoms with Crippen molar-refractivity contribution in [1.29, 1.82) is 0 Å². The predicted octanol–water partition coefficient (Wildman–Crippen LogP) is 1.03. The Balaban J connectivity index is 2.31. The zero-order chi connectivity index (χ0) is 17.9. The number of methoxy groups -OCH3 is 2. The first-order valence-electron chi connectivity index (χ1n) is 7.90. The van der Waals surface area contributed by atoms with Crippen molar-refractivity contribution in [3.63, 3.8) is 0 Å². The number of esters is 2. The van der Waals surface area contributed by atoms with E-state index in [-0.39, 0.29) is 11.7 Å². The largest absolute Gasteiger partial charge is 0.469 e. The predicted molar refractivity (Wildman–Crippen MR) is 84.2 cm³/mol. The number of hydrogen-bond acceptors (Lipinski definition) is 6. The van der Waals surface area contributed by atoms with Crippen LogP contribution in [0.15, 0.2) is 12.5 Å². The van der Waals surface area contributed by atoms with Crippen LogP contribution < -0.4 is 0 Å². The zero-order valence-electron chi connectivity index (χ0n) is 14.4. The standard InChI is InChI=1S/C16H23N3O5/c1-10(2)18-8-12(17-9-18)14(20)19-7-5-6-11(15(21)23-3)13(19)16(22)24-4/h8-11,13H,5-7H2,1-4H3. The molecule has 2 unspecified atom stereocenters. The Morgan fingerprint density at radius 1 is 1.21 bits per heavy atom. The van der Waals surface area contributed by atoms with E-state index in [1.807, 2.05) is 18.4 Å². The number of aromatic nitrogens is 2. The van der Waals surface area contributed by atoms with Crippen LogP contribution in [0.3, 0.4) is 0 Å². The van der Waals surface area contributed by atoms with Crippen molar-refractivity contribution in [3.8, 4) is 0 Å². The van der Waals surface area contributed by atoms with Crippen LogP contribution >= 0.6 is 0 Å². The highest BCUT2D eigenvalue weighted by Crippen LogP contribution is 2.27. The molecule has 8 nitrogen and oxygen atoms in total. The summed E-state index contributed by atoms with van der Waals surface area (Å²) in [5.41, 5.74) is 0.239. The van der Waals surface area contributed by atoms with Gasteiger partial charge < -0.3 is 18.9 Å². The molecule has 1 fully saturated rings. The Bertz CT molecular complexity index is 625. The lowest BCUT2D eigenvalue weighted by molar-refractivity contribution is -0.160. The molecule has 1 aromatic rings. The molecule has 0 N–H and O–H groups in total. The molecule has 0 saturated carbocycles. The van der Waals surface area contributed by atoms with E-state index in [4.69, 9.17) is 9.47 Å². The minimum Gasteiger partial charge on any atom is -0.469 e. The van der Waals surface area contributed by atoms with E-state index in [0.717, 1.165) is 0 Å². The molecule has 0 aliphatic carbocycles. The first-order chi connectivity index (χ1) is 11.4. The van der Waals surface area contributed by atoms with Gasteiger partial charge >= 0.3 is 11.9 Å². The molecule has 1 aromatic heterocycles. The molecule has 2 heterocycles. The maximum atomic E-state index is 12.8. The molecule has 1 saturated heterocycles. The van der Waals surface area contributed by atoms with Crippen LogP contribution in [0.25, 0.3) is 0 Å². The number of nitrogens with zero attached hydrogens (tertiary/aromatic N) is 3. The number of likely N-dealkylation sites (tertiary alicyclic amines) is 1. The van der Waals surface area contributed by atoms with Crippen molar-refractivity contribution in [2.24, 2.45) is 5.92 Å². The summed E-state index contributed by atoms with van der Waals surface area (Å²) in [6, 6.07) is -0.826. The van der Waals surface area contributed by atoms with E-state index < -0.39 is 29.8 Å². The van der Waals surface area contributed by atoms with Crippen LogP contribution in [-0.2, 0) is 19.1 Å². The minimum absolute atomic E-state index is 0.166. The van der Waals surface area contributed by atoms with Crippen LogP contribution in [0, 0.1) is 5.92 Å². The Morgan fingerprint density at radius 2 is 1.88 bits per heavy atom. The van der Waals surface area contributed by atoms with E-state index in [2.05, 4.69) is 4.98 Å². The van der Waals surface area contributed by atoms with Gasteiger partial charge in [-0.15, -0.1) is 0 Å². The normalized spacial score (nSPS) is 20.8. The second-order valence-corrected chi connectivity index (χ2v) is 6.04. The van der Waals surface area contributed by atoms with Crippen LogP contribution in [-0.4, -0.2) is 59.1 Å². The third-order valence-corrected chi connectivity index (χ3v) is 4.26. The monoisotopic (exact) mass is 337 g/mol. The molecule has 2 rings (SSSR count). The molecule has 0 spiro atoms. The first kappa shape index (κ1) is 18.0. The van der Waals surface area contributed by atoms with Crippen LogP contribution in [0.1, 0.15) is 43.2 Å². The molecule has 0 bridgehead atoms. The average molecular weight is 337 g/mol. The van der Waals surface area contributed by atoms with E-state index in [1.54, 1.807) is 12.5 Å². The maximum absolute atomic E-state index is 12.8. The topological polar surface area (TPSA) is 90.7 Å². The van der Waals surface area contributed by atoms with Gasteiger partial charge in [0.1, 0.15) is 11.7 Å². The van der Waals surface area contributed by atoms with Crippen molar-refractivity contribution in [2.45, 2.75) is 38.8 Å². The summed E-state index contributed by atoms with van der Waals surface area (Å²) in [6.45, 7) is 4.31. The highest BCUT2D eigenvalue weighted by atomic mass is 16.5. The molecular weight excluding hydrogens is 314 g/mol. The maximum Gasteiger partial charge on any atom is 0.329 e.